The van der Waals surface area contributed by atoms with Gasteiger partial charge in [0.1, 0.15) is 6.61 Å². The number of fused-ring (bicyclic) bond motifs is 1. The van der Waals surface area contributed by atoms with Crippen LogP contribution in [0.3, 0.4) is 0 Å². The van der Waals surface area contributed by atoms with Crippen LogP contribution in [0.2, 0.25) is 0 Å². The van der Waals surface area contributed by atoms with Gasteiger partial charge in [-0.15, -0.1) is 0 Å². The molecule has 0 saturated carbocycles. The first-order chi connectivity index (χ1) is 10.7. The van der Waals surface area contributed by atoms with E-state index in [1.165, 1.54) is 19.4 Å². The minimum atomic E-state index is -0.886. The molecule has 0 spiro atoms. The zero-order chi connectivity index (χ0) is 17.3. The molecule has 0 fully saturated rings. The Morgan fingerprint density at radius 3 is 2.61 bits per heavy atom. The Hall–Kier alpha value is -1.58. The lowest BCUT2D eigenvalue weighted by Gasteiger charge is -2.45. The van der Waals surface area contributed by atoms with E-state index < -0.39 is 5.60 Å². The summed E-state index contributed by atoms with van der Waals surface area (Å²) in [5.41, 5.74) is 1.66. The van der Waals surface area contributed by atoms with Gasteiger partial charge >= 0.3 is 11.9 Å². The number of carbonyl (C=O) groups is 2. The zero-order valence-corrected chi connectivity index (χ0v) is 14.9. The number of allylic oxidation sites excluding steroid dienone is 3. The Bertz CT molecular complexity index is 560. The van der Waals surface area contributed by atoms with E-state index in [0.717, 1.165) is 31.3 Å². The van der Waals surface area contributed by atoms with Crippen LogP contribution in [-0.4, -0.2) is 24.1 Å². The van der Waals surface area contributed by atoms with E-state index in [0.29, 0.717) is 5.92 Å². The molecule has 4 nitrogen and oxygen atoms in total. The molecule has 0 aromatic carbocycles. The number of rotatable bonds is 4. The summed E-state index contributed by atoms with van der Waals surface area (Å²) < 4.78 is 10.8. The smallest absolute Gasteiger partial charge is 0.303 e. The molecule has 0 saturated heterocycles. The molecule has 2 aliphatic rings. The van der Waals surface area contributed by atoms with Gasteiger partial charge in [0.15, 0.2) is 5.60 Å². The van der Waals surface area contributed by atoms with Gasteiger partial charge in [-0.1, -0.05) is 31.6 Å². The van der Waals surface area contributed by atoms with Crippen LogP contribution in [0.25, 0.3) is 0 Å². The van der Waals surface area contributed by atoms with Crippen molar-refractivity contribution in [1.82, 2.24) is 0 Å². The summed E-state index contributed by atoms with van der Waals surface area (Å²) >= 11 is 0. The van der Waals surface area contributed by atoms with E-state index in [1.54, 1.807) is 0 Å². The first kappa shape index (κ1) is 17.8. The van der Waals surface area contributed by atoms with E-state index in [9.17, 15) is 9.59 Å². The molecule has 128 valence electrons. The molecule has 23 heavy (non-hydrogen) atoms. The fourth-order valence-corrected chi connectivity index (χ4v) is 3.81. The summed E-state index contributed by atoms with van der Waals surface area (Å²) in [6.07, 6.45) is 8.74. The molecule has 0 amide bonds. The molecule has 0 radical (unpaired) electrons. The molecule has 0 N–H and O–H groups in total. The predicted molar refractivity (Wildman–Crippen MR) is 88.7 cm³/mol. The van der Waals surface area contributed by atoms with Gasteiger partial charge in [0, 0.05) is 19.3 Å². The molecule has 0 aromatic heterocycles. The van der Waals surface area contributed by atoms with Gasteiger partial charge in [0.2, 0.25) is 0 Å². The van der Waals surface area contributed by atoms with Gasteiger partial charge in [0.25, 0.3) is 0 Å². The van der Waals surface area contributed by atoms with Crippen LogP contribution in [0, 0.1) is 11.3 Å². The normalized spacial score (nSPS) is 29.5. The average molecular weight is 320 g/mol. The largest absolute Gasteiger partial charge is 0.461 e. The van der Waals surface area contributed by atoms with Crippen molar-refractivity contribution in [2.45, 2.75) is 65.9 Å². The number of esters is 2. The highest BCUT2D eigenvalue weighted by molar-refractivity contribution is 5.68. The van der Waals surface area contributed by atoms with Gasteiger partial charge in [0.05, 0.1) is 0 Å². The zero-order valence-electron chi connectivity index (χ0n) is 14.9. The summed E-state index contributed by atoms with van der Waals surface area (Å²) in [6, 6.07) is 0. The van der Waals surface area contributed by atoms with Gasteiger partial charge in [-0.3, -0.25) is 9.59 Å². The highest BCUT2D eigenvalue weighted by Gasteiger charge is 2.43. The van der Waals surface area contributed by atoms with Crippen molar-refractivity contribution in [3.8, 4) is 0 Å². The van der Waals surface area contributed by atoms with Gasteiger partial charge in [-0.2, -0.15) is 0 Å². The second kappa shape index (κ2) is 6.50. The molecule has 2 rings (SSSR count). The third-order valence-corrected chi connectivity index (χ3v) is 5.44. The molecular weight excluding hydrogens is 292 g/mol. The minimum Gasteiger partial charge on any atom is -0.461 e. The van der Waals surface area contributed by atoms with Crippen LogP contribution in [0.1, 0.15) is 60.3 Å². The molecule has 0 heterocycles. The number of ether oxygens (including phenoxy) is 2. The van der Waals surface area contributed by atoms with Crippen molar-refractivity contribution in [1.29, 1.82) is 0 Å². The van der Waals surface area contributed by atoms with Gasteiger partial charge in [-0.05, 0) is 44.1 Å². The first-order valence-corrected chi connectivity index (χ1v) is 8.42. The van der Waals surface area contributed by atoms with Crippen LogP contribution in [-0.2, 0) is 19.1 Å². The Labute approximate surface area is 138 Å². The predicted octanol–water partition coefficient (Wildman–Crippen LogP) is 3.95. The topological polar surface area (TPSA) is 52.6 Å². The molecular formula is C19H28O4. The highest BCUT2D eigenvalue weighted by atomic mass is 16.6. The summed E-state index contributed by atoms with van der Waals surface area (Å²) in [7, 11) is 0. The molecule has 3 atom stereocenters. The molecule has 0 aliphatic heterocycles. The summed E-state index contributed by atoms with van der Waals surface area (Å²) in [5.74, 6) is -0.172. The first-order valence-electron chi connectivity index (χ1n) is 8.42. The SMILES string of the molecule is CC(=O)OCC(C)(OC(C)=O)C1=C[C@@]2(C)C(=CCC[C@@H]2C)CC1. The molecule has 0 aromatic rings. The maximum Gasteiger partial charge on any atom is 0.303 e. The van der Waals surface area contributed by atoms with Crippen molar-refractivity contribution in [3.63, 3.8) is 0 Å². The lowest BCUT2D eigenvalue weighted by Crippen LogP contribution is -2.42. The van der Waals surface area contributed by atoms with E-state index in [2.05, 4.69) is 26.0 Å². The fourth-order valence-electron chi connectivity index (χ4n) is 3.81. The second-order valence-electron chi connectivity index (χ2n) is 7.26. The van der Waals surface area contributed by atoms with Gasteiger partial charge in [-0.25, -0.2) is 0 Å². The Morgan fingerprint density at radius 1 is 1.30 bits per heavy atom. The lowest BCUT2D eigenvalue weighted by atomic mass is 9.61. The number of carbonyl (C=O) groups excluding carboxylic acids is 2. The van der Waals surface area contributed by atoms with Crippen LogP contribution in [0.5, 0.6) is 0 Å². The van der Waals surface area contributed by atoms with E-state index in [-0.39, 0.29) is 24.0 Å². The van der Waals surface area contributed by atoms with Crippen LogP contribution in [0.4, 0.5) is 0 Å². The van der Waals surface area contributed by atoms with Crippen molar-refractivity contribution < 1.29 is 19.1 Å². The van der Waals surface area contributed by atoms with E-state index >= 15 is 0 Å². The Balaban J connectivity index is 2.36. The lowest BCUT2D eigenvalue weighted by molar-refractivity contribution is -0.163. The average Bonchev–Trinajstić information content (AvgIpc) is 2.45. The van der Waals surface area contributed by atoms with Crippen LogP contribution < -0.4 is 0 Å². The fraction of sp³-hybridized carbons (Fsp3) is 0.684. The summed E-state index contributed by atoms with van der Waals surface area (Å²) in [5, 5.41) is 0. The molecule has 4 heteroatoms. The number of hydrogen-bond donors (Lipinski definition) is 0. The summed E-state index contributed by atoms with van der Waals surface area (Å²) in [6.45, 7) is 9.22. The monoisotopic (exact) mass is 320 g/mol. The maximum atomic E-state index is 11.6. The van der Waals surface area contributed by atoms with E-state index in [1.807, 2.05) is 6.92 Å². The molecule has 0 bridgehead atoms. The third kappa shape index (κ3) is 3.67. The van der Waals surface area contributed by atoms with E-state index in [4.69, 9.17) is 9.47 Å². The highest BCUT2D eigenvalue weighted by Crippen LogP contribution is 2.50. The van der Waals surface area contributed by atoms with Crippen molar-refractivity contribution in [2.24, 2.45) is 11.3 Å². The minimum absolute atomic E-state index is 0.00344. The van der Waals surface area contributed by atoms with Crippen LogP contribution >= 0.6 is 0 Å². The van der Waals surface area contributed by atoms with Crippen molar-refractivity contribution in [2.75, 3.05) is 6.61 Å². The number of hydrogen-bond acceptors (Lipinski definition) is 4. The quantitative estimate of drug-likeness (QED) is 0.581. The van der Waals surface area contributed by atoms with Crippen LogP contribution in [0.15, 0.2) is 23.3 Å². The van der Waals surface area contributed by atoms with Gasteiger partial charge < -0.3 is 9.47 Å². The maximum absolute atomic E-state index is 11.6. The molecule has 2 aliphatic carbocycles. The van der Waals surface area contributed by atoms with Crippen molar-refractivity contribution >= 4 is 11.9 Å². The van der Waals surface area contributed by atoms with Crippen molar-refractivity contribution in [3.05, 3.63) is 23.3 Å². The standard InChI is InChI=1S/C19H28O4/c1-13-7-6-8-16-9-10-17(11-18(13,16)4)19(5,23-15(3)21)12-22-14(2)20/h8,11,13H,6-7,9-10,12H2,1-5H3/t13-,18+,19?/m0/s1. The molecule has 1 unspecified atom stereocenters. The second-order valence-corrected chi connectivity index (χ2v) is 7.26. The Morgan fingerprint density at radius 2 is 2.00 bits per heavy atom. The third-order valence-electron chi connectivity index (χ3n) is 5.44. The Kier molecular flexibility index (Phi) is 5.02. The summed E-state index contributed by atoms with van der Waals surface area (Å²) in [4.78, 5) is 22.8.